The number of piperidine rings is 2. The van der Waals surface area contributed by atoms with Crippen molar-refractivity contribution in [3.05, 3.63) is 21.9 Å². The predicted octanol–water partition coefficient (Wildman–Crippen LogP) is 3.84. The Balaban J connectivity index is 1.27. The number of carbonyl (C=O) groups is 2. The van der Waals surface area contributed by atoms with Gasteiger partial charge in [0.15, 0.2) is 0 Å². The van der Waals surface area contributed by atoms with E-state index in [1.165, 1.54) is 19.3 Å². The third-order valence-corrected chi connectivity index (χ3v) is 8.44. The normalized spacial score (nSPS) is 22.9. The summed E-state index contributed by atoms with van der Waals surface area (Å²) in [6.45, 7) is 5.77. The van der Waals surface area contributed by atoms with Gasteiger partial charge in [-0.15, -0.1) is 11.3 Å². The van der Waals surface area contributed by atoms with E-state index in [-0.39, 0.29) is 11.9 Å². The molecule has 6 nitrogen and oxygen atoms in total. The van der Waals surface area contributed by atoms with Gasteiger partial charge in [-0.2, -0.15) is 0 Å². The lowest BCUT2D eigenvalue weighted by molar-refractivity contribution is 0.0435. The Labute approximate surface area is 184 Å². The highest BCUT2D eigenvalue weighted by atomic mass is 32.1. The molecule has 1 aromatic heterocycles. The third kappa shape index (κ3) is 4.67. The Morgan fingerprint density at radius 2 is 1.60 bits per heavy atom. The standard InChI is InChI=1S/C23H36N4O2S/c1-17-11-16-30-21(17)22(28)26-14-7-18(8-15-26)25-12-9-20(10-13-25)27(23(24)29)19-5-3-2-4-6-19/h11,16,18-20H,2-10,12-15H2,1H3,(H2,24,29). The van der Waals surface area contributed by atoms with Crippen LogP contribution in [0.4, 0.5) is 4.79 Å². The highest BCUT2D eigenvalue weighted by Gasteiger charge is 2.35. The number of carbonyl (C=O) groups excluding carboxylic acids is 2. The van der Waals surface area contributed by atoms with Crippen LogP contribution >= 0.6 is 11.3 Å². The van der Waals surface area contributed by atoms with Gasteiger partial charge in [0.1, 0.15) is 0 Å². The minimum Gasteiger partial charge on any atom is -0.351 e. The van der Waals surface area contributed by atoms with Gasteiger partial charge >= 0.3 is 6.03 Å². The van der Waals surface area contributed by atoms with Crippen molar-refractivity contribution in [1.82, 2.24) is 14.7 Å². The number of nitrogens with two attached hydrogens (primary N) is 1. The van der Waals surface area contributed by atoms with Crippen LogP contribution in [0, 0.1) is 6.92 Å². The molecule has 2 aliphatic heterocycles. The minimum atomic E-state index is -0.226. The van der Waals surface area contributed by atoms with Crippen LogP contribution in [0.25, 0.3) is 0 Å². The molecule has 0 atom stereocenters. The molecule has 2 saturated heterocycles. The molecular formula is C23H36N4O2S. The number of nitrogens with zero attached hydrogens (tertiary/aromatic N) is 3. The summed E-state index contributed by atoms with van der Waals surface area (Å²) in [6.07, 6.45) is 10.1. The summed E-state index contributed by atoms with van der Waals surface area (Å²) in [7, 11) is 0. The first kappa shape index (κ1) is 21.6. The van der Waals surface area contributed by atoms with Gasteiger partial charge in [-0.25, -0.2) is 4.79 Å². The number of amides is 3. The summed E-state index contributed by atoms with van der Waals surface area (Å²) in [5.74, 6) is 0.198. The zero-order chi connectivity index (χ0) is 21.1. The van der Waals surface area contributed by atoms with Crippen molar-refractivity contribution in [2.24, 2.45) is 5.73 Å². The monoisotopic (exact) mass is 432 g/mol. The van der Waals surface area contributed by atoms with Crippen molar-refractivity contribution in [2.75, 3.05) is 26.2 Å². The molecule has 4 rings (SSSR count). The maximum absolute atomic E-state index is 12.8. The van der Waals surface area contributed by atoms with E-state index in [1.807, 2.05) is 28.2 Å². The van der Waals surface area contributed by atoms with E-state index in [0.29, 0.717) is 18.1 Å². The Kier molecular flexibility index (Phi) is 6.98. The van der Waals surface area contributed by atoms with Gasteiger partial charge in [-0.05, 0) is 62.5 Å². The van der Waals surface area contributed by atoms with E-state index in [0.717, 1.165) is 75.1 Å². The van der Waals surface area contributed by atoms with Gasteiger partial charge in [0, 0.05) is 44.3 Å². The van der Waals surface area contributed by atoms with E-state index in [2.05, 4.69) is 4.90 Å². The molecule has 30 heavy (non-hydrogen) atoms. The van der Waals surface area contributed by atoms with Crippen molar-refractivity contribution < 1.29 is 9.59 Å². The molecule has 0 bridgehead atoms. The van der Waals surface area contributed by atoms with Crippen molar-refractivity contribution in [2.45, 2.75) is 82.8 Å². The lowest BCUT2D eigenvalue weighted by atomic mass is 9.91. The molecule has 7 heteroatoms. The Morgan fingerprint density at radius 3 is 2.17 bits per heavy atom. The number of thiophene rings is 1. The fourth-order valence-electron chi connectivity index (χ4n) is 5.72. The highest BCUT2D eigenvalue weighted by Crippen LogP contribution is 2.30. The second-order valence-corrected chi connectivity index (χ2v) is 10.2. The Bertz CT molecular complexity index is 729. The number of hydrogen-bond donors (Lipinski definition) is 1. The Morgan fingerprint density at radius 1 is 0.967 bits per heavy atom. The first-order chi connectivity index (χ1) is 14.5. The van der Waals surface area contributed by atoms with Crippen LogP contribution in [0.5, 0.6) is 0 Å². The molecule has 0 aromatic carbocycles. The number of primary amides is 1. The van der Waals surface area contributed by atoms with E-state index in [4.69, 9.17) is 5.73 Å². The van der Waals surface area contributed by atoms with Crippen LogP contribution in [0.3, 0.4) is 0 Å². The molecule has 1 aliphatic carbocycles. The van der Waals surface area contributed by atoms with E-state index in [9.17, 15) is 9.59 Å². The number of hydrogen-bond acceptors (Lipinski definition) is 4. The van der Waals surface area contributed by atoms with Gasteiger partial charge in [0.2, 0.25) is 0 Å². The van der Waals surface area contributed by atoms with E-state index >= 15 is 0 Å². The van der Waals surface area contributed by atoms with Crippen LogP contribution in [0.2, 0.25) is 0 Å². The molecule has 3 heterocycles. The topological polar surface area (TPSA) is 69.9 Å². The summed E-state index contributed by atoms with van der Waals surface area (Å²) in [5, 5.41) is 2.00. The van der Waals surface area contributed by atoms with Crippen LogP contribution in [0.15, 0.2) is 11.4 Å². The zero-order valence-electron chi connectivity index (χ0n) is 18.2. The molecule has 1 aromatic rings. The second kappa shape index (κ2) is 9.69. The molecule has 0 radical (unpaired) electrons. The van der Waals surface area contributed by atoms with Crippen molar-refractivity contribution in [1.29, 1.82) is 0 Å². The minimum absolute atomic E-state index is 0.198. The fraction of sp³-hybridized carbons (Fsp3) is 0.739. The summed E-state index contributed by atoms with van der Waals surface area (Å²) in [4.78, 5) is 32.5. The molecule has 1 saturated carbocycles. The number of rotatable bonds is 4. The average Bonchev–Trinajstić information content (AvgIpc) is 3.20. The highest BCUT2D eigenvalue weighted by molar-refractivity contribution is 7.12. The van der Waals surface area contributed by atoms with E-state index < -0.39 is 0 Å². The molecule has 0 unspecified atom stereocenters. The van der Waals surface area contributed by atoms with Crippen molar-refractivity contribution in [3.63, 3.8) is 0 Å². The zero-order valence-corrected chi connectivity index (χ0v) is 19.0. The number of urea groups is 1. The van der Waals surface area contributed by atoms with E-state index in [1.54, 1.807) is 11.3 Å². The first-order valence-electron chi connectivity index (χ1n) is 11.7. The summed E-state index contributed by atoms with van der Waals surface area (Å²) >= 11 is 1.55. The molecule has 2 N–H and O–H groups in total. The Hall–Kier alpha value is -1.60. The maximum Gasteiger partial charge on any atom is 0.315 e. The second-order valence-electron chi connectivity index (χ2n) is 9.26. The van der Waals surface area contributed by atoms with Crippen LogP contribution < -0.4 is 5.73 Å². The van der Waals surface area contributed by atoms with Gasteiger partial charge in [-0.3, -0.25) is 4.79 Å². The lowest BCUT2D eigenvalue weighted by Gasteiger charge is -2.46. The SMILES string of the molecule is Cc1ccsc1C(=O)N1CCC(N2CCC(N(C(N)=O)C3CCCCC3)CC2)CC1. The van der Waals surface area contributed by atoms with Crippen LogP contribution in [-0.4, -0.2) is 70.9 Å². The van der Waals surface area contributed by atoms with Gasteiger partial charge < -0.3 is 20.4 Å². The molecule has 166 valence electrons. The third-order valence-electron chi connectivity index (χ3n) is 7.44. The average molecular weight is 433 g/mol. The van der Waals surface area contributed by atoms with Crippen molar-refractivity contribution in [3.8, 4) is 0 Å². The van der Waals surface area contributed by atoms with Crippen molar-refractivity contribution >= 4 is 23.3 Å². The maximum atomic E-state index is 12.8. The molecule has 0 spiro atoms. The predicted molar refractivity (Wildman–Crippen MR) is 121 cm³/mol. The summed E-state index contributed by atoms with van der Waals surface area (Å²) in [6, 6.07) is 3.00. The van der Waals surface area contributed by atoms with Crippen LogP contribution in [-0.2, 0) is 0 Å². The molecule has 3 fully saturated rings. The van der Waals surface area contributed by atoms with Gasteiger partial charge in [0.25, 0.3) is 5.91 Å². The number of aryl methyl sites for hydroxylation is 1. The number of likely N-dealkylation sites (tertiary alicyclic amines) is 2. The van der Waals surface area contributed by atoms with Gasteiger partial charge in [0.05, 0.1) is 4.88 Å². The smallest absolute Gasteiger partial charge is 0.315 e. The van der Waals surface area contributed by atoms with Crippen LogP contribution in [0.1, 0.15) is 73.0 Å². The quantitative estimate of drug-likeness (QED) is 0.786. The lowest BCUT2D eigenvalue weighted by Crippen LogP contribution is -2.56. The molecular weight excluding hydrogens is 396 g/mol. The largest absolute Gasteiger partial charge is 0.351 e. The van der Waals surface area contributed by atoms with Gasteiger partial charge in [-0.1, -0.05) is 19.3 Å². The molecule has 3 aliphatic rings. The summed E-state index contributed by atoms with van der Waals surface area (Å²) in [5.41, 5.74) is 6.90. The first-order valence-corrected chi connectivity index (χ1v) is 12.6. The summed E-state index contributed by atoms with van der Waals surface area (Å²) < 4.78 is 0. The fourth-order valence-corrected chi connectivity index (χ4v) is 6.61. The molecule has 3 amide bonds.